The summed E-state index contributed by atoms with van der Waals surface area (Å²) >= 11 is 2.20. The fourth-order valence-electron chi connectivity index (χ4n) is 1.09. The molecule has 1 unspecified atom stereocenters. The fourth-order valence-corrected chi connectivity index (χ4v) is 1.47. The summed E-state index contributed by atoms with van der Waals surface area (Å²) in [5.74, 6) is -0.735. The second-order valence-electron chi connectivity index (χ2n) is 3.66. The zero-order chi connectivity index (χ0) is 13.1. The van der Waals surface area contributed by atoms with Gasteiger partial charge in [0, 0.05) is 10.8 Å². The van der Waals surface area contributed by atoms with Gasteiger partial charge in [-0.1, -0.05) is 29.5 Å². The van der Waals surface area contributed by atoms with E-state index in [1.165, 1.54) is 0 Å². The number of carbonyl (C=O) groups is 2. The van der Waals surface area contributed by atoms with Crippen LogP contribution in [0.25, 0.3) is 0 Å². The maximum atomic E-state index is 11.3. The minimum absolute atomic E-state index is 0.115. The zero-order valence-electron chi connectivity index (χ0n) is 10.1. The molecule has 0 aromatic rings. The van der Waals surface area contributed by atoms with Crippen molar-refractivity contribution in [2.45, 2.75) is 26.2 Å². The van der Waals surface area contributed by atoms with Crippen molar-refractivity contribution in [1.82, 2.24) is 0 Å². The summed E-state index contributed by atoms with van der Waals surface area (Å²) in [6.07, 6.45) is 1.83. The molecule has 0 aromatic carbocycles. The molecule has 17 heavy (non-hydrogen) atoms. The van der Waals surface area contributed by atoms with E-state index in [2.05, 4.69) is 22.6 Å². The molecule has 0 amide bonds. The van der Waals surface area contributed by atoms with Gasteiger partial charge in [0.1, 0.15) is 13.2 Å². The lowest BCUT2D eigenvalue weighted by Crippen LogP contribution is -2.20. The van der Waals surface area contributed by atoms with E-state index < -0.39 is 0 Å². The van der Waals surface area contributed by atoms with Crippen LogP contribution in [0.2, 0.25) is 0 Å². The number of hydrogen-bond donors (Lipinski definition) is 1. The molecule has 1 atom stereocenters. The van der Waals surface area contributed by atoms with Crippen molar-refractivity contribution in [3.8, 4) is 0 Å². The van der Waals surface area contributed by atoms with Gasteiger partial charge in [-0.15, -0.1) is 0 Å². The van der Waals surface area contributed by atoms with E-state index in [4.69, 9.17) is 15.2 Å². The largest absolute Gasteiger partial charge is 0.462 e. The first-order chi connectivity index (χ1) is 8.11. The standard InChI is InChI=1S/C11H20INO4/c1-9(4-6-13)11(15)17-8-7-16-10(14)3-2-5-12/h9H,2-8,13H2,1H3. The average molecular weight is 357 g/mol. The minimum Gasteiger partial charge on any atom is -0.462 e. The van der Waals surface area contributed by atoms with Crippen molar-refractivity contribution < 1.29 is 19.1 Å². The van der Waals surface area contributed by atoms with Gasteiger partial charge in [0.2, 0.25) is 0 Å². The first-order valence-corrected chi connectivity index (χ1v) is 7.22. The highest BCUT2D eigenvalue weighted by Gasteiger charge is 2.13. The number of ether oxygens (including phenoxy) is 2. The molecule has 5 nitrogen and oxygen atoms in total. The molecule has 0 aliphatic heterocycles. The Labute approximate surface area is 116 Å². The average Bonchev–Trinajstić information content (AvgIpc) is 2.32. The molecular weight excluding hydrogens is 337 g/mol. The lowest BCUT2D eigenvalue weighted by Gasteiger charge is -2.10. The molecule has 0 aliphatic rings. The number of alkyl halides is 1. The van der Waals surface area contributed by atoms with E-state index in [1.54, 1.807) is 6.92 Å². The third-order valence-corrected chi connectivity index (χ3v) is 2.87. The molecule has 0 heterocycles. The topological polar surface area (TPSA) is 78.6 Å². The second kappa shape index (κ2) is 10.8. The molecule has 0 saturated carbocycles. The molecule has 0 radical (unpaired) electrons. The molecule has 0 fully saturated rings. The van der Waals surface area contributed by atoms with Crippen molar-refractivity contribution in [2.24, 2.45) is 11.7 Å². The van der Waals surface area contributed by atoms with Crippen molar-refractivity contribution >= 4 is 34.5 Å². The Kier molecular flexibility index (Phi) is 10.5. The molecule has 100 valence electrons. The smallest absolute Gasteiger partial charge is 0.308 e. The van der Waals surface area contributed by atoms with Crippen molar-refractivity contribution in [3.63, 3.8) is 0 Å². The highest BCUT2D eigenvalue weighted by atomic mass is 127. The third-order valence-electron chi connectivity index (χ3n) is 2.11. The molecule has 0 aromatic heterocycles. The van der Waals surface area contributed by atoms with E-state index in [0.717, 1.165) is 10.8 Å². The summed E-state index contributed by atoms with van der Waals surface area (Å²) in [7, 11) is 0. The highest BCUT2D eigenvalue weighted by molar-refractivity contribution is 14.1. The van der Waals surface area contributed by atoms with Crippen LogP contribution in [-0.2, 0) is 19.1 Å². The van der Waals surface area contributed by atoms with Crippen LogP contribution in [0.3, 0.4) is 0 Å². The molecule has 0 spiro atoms. The monoisotopic (exact) mass is 357 g/mol. The Bertz CT molecular complexity index is 236. The Morgan fingerprint density at radius 3 is 2.53 bits per heavy atom. The molecular formula is C11H20INO4. The van der Waals surface area contributed by atoms with Gasteiger partial charge in [-0.3, -0.25) is 9.59 Å². The van der Waals surface area contributed by atoms with E-state index in [-0.39, 0.29) is 31.1 Å². The number of carbonyl (C=O) groups excluding carboxylic acids is 2. The summed E-state index contributed by atoms with van der Waals surface area (Å²) in [6, 6.07) is 0. The van der Waals surface area contributed by atoms with Crippen LogP contribution in [0.15, 0.2) is 0 Å². The molecule has 0 aliphatic carbocycles. The Hall–Kier alpha value is -0.370. The van der Waals surface area contributed by atoms with Crippen LogP contribution >= 0.6 is 22.6 Å². The lowest BCUT2D eigenvalue weighted by atomic mass is 10.1. The van der Waals surface area contributed by atoms with Crippen LogP contribution in [0.5, 0.6) is 0 Å². The normalized spacial score (nSPS) is 11.9. The van der Waals surface area contributed by atoms with Crippen LogP contribution in [-0.4, -0.2) is 36.1 Å². The summed E-state index contributed by atoms with van der Waals surface area (Å²) < 4.78 is 10.8. The van der Waals surface area contributed by atoms with E-state index in [9.17, 15) is 9.59 Å². The van der Waals surface area contributed by atoms with Gasteiger partial charge in [0.15, 0.2) is 0 Å². The predicted octanol–water partition coefficient (Wildman–Crippen LogP) is 1.27. The molecule has 0 saturated heterocycles. The number of rotatable bonds is 9. The van der Waals surface area contributed by atoms with Crippen molar-refractivity contribution in [2.75, 3.05) is 24.2 Å². The molecule has 6 heteroatoms. The van der Waals surface area contributed by atoms with Gasteiger partial charge in [0.25, 0.3) is 0 Å². The van der Waals surface area contributed by atoms with Crippen LogP contribution in [0.4, 0.5) is 0 Å². The van der Waals surface area contributed by atoms with Gasteiger partial charge in [-0.05, 0) is 19.4 Å². The summed E-state index contributed by atoms with van der Waals surface area (Å²) in [6.45, 7) is 2.47. The maximum absolute atomic E-state index is 11.3. The number of esters is 2. The van der Waals surface area contributed by atoms with E-state index in [0.29, 0.717) is 19.4 Å². The molecule has 0 rings (SSSR count). The van der Waals surface area contributed by atoms with Gasteiger partial charge in [-0.25, -0.2) is 0 Å². The summed E-state index contributed by atoms with van der Waals surface area (Å²) in [5, 5.41) is 0. The molecule has 0 bridgehead atoms. The first-order valence-electron chi connectivity index (χ1n) is 5.70. The van der Waals surface area contributed by atoms with Crippen LogP contribution in [0.1, 0.15) is 26.2 Å². The van der Waals surface area contributed by atoms with Crippen molar-refractivity contribution in [3.05, 3.63) is 0 Å². The van der Waals surface area contributed by atoms with E-state index >= 15 is 0 Å². The fraction of sp³-hybridized carbons (Fsp3) is 0.818. The number of hydrogen-bond acceptors (Lipinski definition) is 5. The van der Waals surface area contributed by atoms with Gasteiger partial charge < -0.3 is 15.2 Å². The SMILES string of the molecule is CC(CCN)C(=O)OCCOC(=O)CCCI. The first kappa shape index (κ1) is 16.6. The van der Waals surface area contributed by atoms with Gasteiger partial charge in [0.05, 0.1) is 5.92 Å². The highest BCUT2D eigenvalue weighted by Crippen LogP contribution is 2.03. The Morgan fingerprint density at radius 1 is 1.29 bits per heavy atom. The quantitative estimate of drug-likeness (QED) is 0.291. The van der Waals surface area contributed by atoms with E-state index in [1.807, 2.05) is 0 Å². The minimum atomic E-state index is -0.293. The second-order valence-corrected chi connectivity index (χ2v) is 4.74. The Morgan fingerprint density at radius 2 is 1.94 bits per heavy atom. The maximum Gasteiger partial charge on any atom is 0.308 e. The summed E-state index contributed by atoms with van der Waals surface area (Å²) in [4.78, 5) is 22.4. The molecule has 2 N–H and O–H groups in total. The van der Waals surface area contributed by atoms with Crippen LogP contribution in [0, 0.1) is 5.92 Å². The number of halogens is 1. The summed E-state index contributed by atoms with van der Waals surface area (Å²) in [5.41, 5.74) is 5.33. The third kappa shape index (κ3) is 9.34. The predicted molar refractivity (Wildman–Crippen MR) is 72.9 cm³/mol. The zero-order valence-corrected chi connectivity index (χ0v) is 12.3. The Balaban J connectivity index is 3.50. The number of nitrogens with two attached hydrogens (primary N) is 1. The van der Waals surface area contributed by atoms with Crippen molar-refractivity contribution in [1.29, 1.82) is 0 Å². The van der Waals surface area contributed by atoms with Gasteiger partial charge >= 0.3 is 11.9 Å². The lowest BCUT2D eigenvalue weighted by molar-refractivity contribution is -0.154. The van der Waals surface area contributed by atoms with Crippen LogP contribution < -0.4 is 5.73 Å². The van der Waals surface area contributed by atoms with Gasteiger partial charge in [-0.2, -0.15) is 0 Å².